The molecule has 4 heteroatoms. The molecule has 2 aliphatic rings. The predicted molar refractivity (Wildman–Crippen MR) is 48.4 cm³/mol. The van der Waals surface area contributed by atoms with E-state index in [4.69, 9.17) is 4.74 Å². The van der Waals surface area contributed by atoms with Crippen LogP contribution in [0.15, 0.2) is 0 Å². The molecule has 2 atom stereocenters. The maximum absolute atomic E-state index is 11.2. The lowest BCUT2D eigenvalue weighted by Crippen LogP contribution is -2.51. The van der Waals surface area contributed by atoms with Gasteiger partial charge < -0.3 is 10.1 Å². The van der Waals surface area contributed by atoms with Crippen molar-refractivity contribution in [1.29, 1.82) is 0 Å². The molecular weight excluding hydrogens is 168 g/mol. The largest absolute Gasteiger partial charge is 0.464 e. The molecule has 74 valence electrons. The molecule has 0 saturated carbocycles. The van der Waals surface area contributed by atoms with E-state index in [-0.39, 0.29) is 17.6 Å². The molecule has 0 amide bonds. The summed E-state index contributed by atoms with van der Waals surface area (Å²) in [5.41, 5.74) is 0.0774. The lowest BCUT2D eigenvalue weighted by atomic mass is 10.00. The predicted octanol–water partition coefficient (Wildman–Crippen LogP) is -0.356. The standard InChI is InChI=1S/C9H16N2O2/c1-9(3-4-10-6-9)11-7-2-5-13-8(7)12/h7,10-11H,2-6H2,1H3. The Morgan fingerprint density at radius 1 is 1.69 bits per heavy atom. The normalized spacial score (nSPS) is 39.5. The Morgan fingerprint density at radius 3 is 3.08 bits per heavy atom. The highest BCUT2D eigenvalue weighted by molar-refractivity contribution is 5.77. The highest BCUT2D eigenvalue weighted by Crippen LogP contribution is 2.17. The van der Waals surface area contributed by atoms with Crippen LogP contribution < -0.4 is 10.6 Å². The van der Waals surface area contributed by atoms with Gasteiger partial charge in [-0.05, 0) is 19.9 Å². The highest BCUT2D eigenvalue weighted by atomic mass is 16.5. The van der Waals surface area contributed by atoms with Crippen molar-refractivity contribution in [3.05, 3.63) is 0 Å². The van der Waals surface area contributed by atoms with Crippen molar-refractivity contribution >= 4 is 5.97 Å². The molecule has 0 bridgehead atoms. The van der Waals surface area contributed by atoms with Gasteiger partial charge in [-0.3, -0.25) is 10.1 Å². The number of esters is 1. The summed E-state index contributed by atoms with van der Waals surface area (Å²) < 4.78 is 4.90. The van der Waals surface area contributed by atoms with Crippen molar-refractivity contribution < 1.29 is 9.53 Å². The van der Waals surface area contributed by atoms with Crippen LogP contribution in [-0.4, -0.2) is 37.2 Å². The fourth-order valence-electron chi connectivity index (χ4n) is 1.99. The molecule has 2 N–H and O–H groups in total. The monoisotopic (exact) mass is 184 g/mol. The van der Waals surface area contributed by atoms with Gasteiger partial charge in [0.2, 0.25) is 0 Å². The first-order chi connectivity index (χ1) is 6.20. The minimum Gasteiger partial charge on any atom is -0.464 e. The summed E-state index contributed by atoms with van der Waals surface area (Å²) in [6.45, 7) is 4.70. The molecule has 0 spiro atoms. The first-order valence-corrected chi connectivity index (χ1v) is 4.85. The van der Waals surface area contributed by atoms with Crippen molar-refractivity contribution in [2.24, 2.45) is 0 Å². The van der Waals surface area contributed by atoms with Crippen molar-refractivity contribution in [2.75, 3.05) is 19.7 Å². The summed E-state index contributed by atoms with van der Waals surface area (Å²) >= 11 is 0. The Kier molecular flexibility index (Phi) is 2.26. The van der Waals surface area contributed by atoms with Gasteiger partial charge in [0, 0.05) is 18.5 Å². The number of carbonyl (C=O) groups excluding carboxylic acids is 1. The zero-order valence-corrected chi connectivity index (χ0v) is 7.93. The van der Waals surface area contributed by atoms with Crippen LogP contribution in [0.4, 0.5) is 0 Å². The van der Waals surface area contributed by atoms with E-state index in [1.807, 2.05) is 0 Å². The van der Waals surface area contributed by atoms with Crippen LogP contribution in [0.2, 0.25) is 0 Å². The first kappa shape index (κ1) is 8.97. The molecule has 2 saturated heterocycles. The molecule has 0 aromatic rings. The molecule has 2 rings (SSSR count). The van der Waals surface area contributed by atoms with E-state index in [9.17, 15) is 4.79 Å². The summed E-state index contributed by atoms with van der Waals surface area (Å²) in [4.78, 5) is 11.2. The molecule has 0 aromatic carbocycles. The Balaban J connectivity index is 1.92. The van der Waals surface area contributed by atoms with E-state index in [1.54, 1.807) is 0 Å². The maximum Gasteiger partial charge on any atom is 0.323 e. The molecular formula is C9H16N2O2. The minimum atomic E-state index is -0.0897. The molecule has 4 nitrogen and oxygen atoms in total. The lowest BCUT2D eigenvalue weighted by Gasteiger charge is -2.26. The number of rotatable bonds is 2. The molecule has 0 aliphatic carbocycles. The average Bonchev–Trinajstić information content (AvgIpc) is 2.64. The smallest absolute Gasteiger partial charge is 0.323 e. The van der Waals surface area contributed by atoms with E-state index in [2.05, 4.69) is 17.6 Å². The topological polar surface area (TPSA) is 50.4 Å². The van der Waals surface area contributed by atoms with Gasteiger partial charge in [0.05, 0.1) is 6.61 Å². The Hall–Kier alpha value is -0.610. The van der Waals surface area contributed by atoms with Gasteiger partial charge in [0.15, 0.2) is 0 Å². The van der Waals surface area contributed by atoms with Crippen LogP contribution in [0.25, 0.3) is 0 Å². The quantitative estimate of drug-likeness (QED) is 0.576. The molecule has 2 unspecified atom stereocenters. The minimum absolute atomic E-state index is 0.0774. The third-order valence-corrected chi connectivity index (χ3v) is 2.83. The Bertz CT molecular complexity index is 212. The summed E-state index contributed by atoms with van der Waals surface area (Å²) in [5, 5.41) is 6.65. The number of nitrogens with one attached hydrogen (secondary N) is 2. The third kappa shape index (κ3) is 1.84. The maximum atomic E-state index is 11.2. The van der Waals surface area contributed by atoms with Gasteiger partial charge in [0.1, 0.15) is 6.04 Å². The van der Waals surface area contributed by atoms with E-state index in [0.717, 1.165) is 25.9 Å². The third-order valence-electron chi connectivity index (χ3n) is 2.83. The number of hydrogen-bond donors (Lipinski definition) is 2. The fourth-order valence-corrected chi connectivity index (χ4v) is 1.99. The van der Waals surface area contributed by atoms with Crippen molar-refractivity contribution in [1.82, 2.24) is 10.6 Å². The van der Waals surface area contributed by atoms with Crippen LogP contribution in [0.3, 0.4) is 0 Å². The van der Waals surface area contributed by atoms with Gasteiger partial charge >= 0.3 is 5.97 Å². The van der Waals surface area contributed by atoms with Gasteiger partial charge in [-0.25, -0.2) is 0 Å². The second-order valence-corrected chi connectivity index (χ2v) is 4.14. The number of carbonyl (C=O) groups is 1. The first-order valence-electron chi connectivity index (χ1n) is 4.85. The summed E-state index contributed by atoms with van der Waals surface area (Å²) in [6.07, 6.45) is 1.89. The van der Waals surface area contributed by atoms with Crippen LogP contribution in [0.1, 0.15) is 19.8 Å². The van der Waals surface area contributed by atoms with Crippen LogP contribution in [0.5, 0.6) is 0 Å². The molecule has 2 fully saturated rings. The number of hydrogen-bond acceptors (Lipinski definition) is 4. The van der Waals surface area contributed by atoms with Gasteiger partial charge in [-0.2, -0.15) is 0 Å². The fraction of sp³-hybridized carbons (Fsp3) is 0.889. The SMILES string of the molecule is CC1(NC2CCOC2=O)CCNC1. The zero-order chi connectivity index (χ0) is 9.31. The Morgan fingerprint density at radius 2 is 2.54 bits per heavy atom. The van der Waals surface area contributed by atoms with Crippen molar-refractivity contribution in [3.63, 3.8) is 0 Å². The van der Waals surface area contributed by atoms with Gasteiger partial charge in [-0.1, -0.05) is 0 Å². The van der Waals surface area contributed by atoms with Crippen LogP contribution in [0, 0.1) is 0 Å². The van der Waals surface area contributed by atoms with Gasteiger partial charge in [-0.15, -0.1) is 0 Å². The highest BCUT2D eigenvalue weighted by Gasteiger charge is 2.35. The van der Waals surface area contributed by atoms with Crippen LogP contribution in [-0.2, 0) is 9.53 Å². The van der Waals surface area contributed by atoms with Crippen LogP contribution >= 0.6 is 0 Å². The number of cyclic esters (lactones) is 1. The summed E-state index contributed by atoms with van der Waals surface area (Å²) in [5.74, 6) is -0.0897. The van der Waals surface area contributed by atoms with Gasteiger partial charge in [0.25, 0.3) is 0 Å². The molecule has 0 radical (unpaired) electrons. The molecule has 2 heterocycles. The van der Waals surface area contributed by atoms with E-state index in [1.165, 1.54) is 0 Å². The van der Waals surface area contributed by atoms with Crippen molar-refractivity contribution in [3.8, 4) is 0 Å². The summed E-state index contributed by atoms with van der Waals surface area (Å²) in [7, 11) is 0. The second kappa shape index (κ2) is 3.27. The van der Waals surface area contributed by atoms with Crippen molar-refractivity contribution in [2.45, 2.75) is 31.3 Å². The average molecular weight is 184 g/mol. The van der Waals surface area contributed by atoms with E-state index >= 15 is 0 Å². The molecule has 0 aromatic heterocycles. The number of ether oxygens (including phenoxy) is 1. The zero-order valence-electron chi connectivity index (χ0n) is 7.93. The summed E-state index contributed by atoms with van der Waals surface area (Å²) in [6, 6.07) is -0.0788. The molecule has 13 heavy (non-hydrogen) atoms. The van der Waals surface area contributed by atoms with E-state index in [0.29, 0.717) is 6.61 Å². The lowest BCUT2D eigenvalue weighted by molar-refractivity contribution is -0.140. The Labute approximate surface area is 78.0 Å². The van der Waals surface area contributed by atoms with E-state index < -0.39 is 0 Å². The molecule has 2 aliphatic heterocycles. The second-order valence-electron chi connectivity index (χ2n) is 4.14.